The van der Waals surface area contributed by atoms with Crippen LogP contribution in [0.1, 0.15) is 27.7 Å². The normalized spacial score (nSPS) is 11.0. The van der Waals surface area contributed by atoms with E-state index in [1.807, 2.05) is 48.5 Å². The fourth-order valence-electron chi connectivity index (χ4n) is 2.85. The zero-order chi connectivity index (χ0) is 21.9. The van der Waals surface area contributed by atoms with Gasteiger partial charge < -0.3 is 21.3 Å². The van der Waals surface area contributed by atoms with E-state index in [2.05, 4.69) is 49.0 Å². The van der Waals surface area contributed by atoms with E-state index in [9.17, 15) is 9.59 Å². The molecule has 0 fully saturated rings. The fraction of sp³-hybridized carbons (Fsp3) is 0.417. The molecule has 0 aliphatic carbocycles. The molecule has 0 atom stereocenters. The van der Waals surface area contributed by atoms with Crippen LogP contribution in [0, 0.1) is 11.8 Å². The maximum absolute atomic E-state index is 12.0. The zero-order valence-corrected chi connectivity index (χ0v) is 18.4. The molecule has 2 rings (SSSR count). The third-order valence-corrected chi connectivity index (χ3v) is 4.35. The number of hydrogen-bond donors (Lipinski definition) is 4. The summed E-state index contributed by atoms with van der Waals surface area (Å²) in [6.45, 7) is 10.7. The van der Waals surface area contributed by atoms with Crippen LogP contribution in [0.3, 0.4) is 0 Å². The van der Waals surface area contributed by atoms with Crippen LogP contribution in [0.2, 0.25) is 0 Å². The number of hydrogen-bond acceptors (Lipinski definition) is 4. The molecule has 6 nitrogen and oxygen atoms in total. The highest BCUT2D eigenvalue weighted by molar-refractivity contribution is 5.93. The Morgan fingerprint density at radius 1 is 0.633 bits per heavy atom. The van der Waals surface area contributed by atoms with Crippen molar-refractivity contribution in [3.63, 3.8) is 0 Å². The van der Waals surface area contributed by atoms with Crippen molar-refractivity contribution in [2.24, 2.45) is 11.8 Å². The van der Waals surface area contributed by atoms with Crippen molar-refractivity contribution in [2.45, 2.75) is 27.7 Å². The number of carbonyl (C=O) groups is 2. The molecule has 0 radical (unpaired) electrons. The lowest BCUT2D eigenvalue weighted by Crippen LogP contribution is -2.30. The first kappa shape index (κ1) is 23.6. The summed E-state index contributed by atoms with van der Waals surface area (Å²) in [5, 5.41) is 12.0. The lowest BCUT2D eigenvalue weighted by atomic mass is 10.0. The van der Waals surface area contributed by atoms with E-state index in [-0.39, 0.29) is 11.8 Å². The SMILES string of the molecule is CC(C)CNCC(=O)Nc1ccc(-c2ccc(NC(=O)CNCC(C)C)cc2)cc1. The van der Waals surface area contributed by atoms with Crippen LogP contribution in [-0.2, 0) is 9.59 Å². The van der Waals surface area contributed by atoms with Crippen molar-refractivity contribution < 1.29 is 9.59 Å². The van der Waals surface area contributed by atoms with Crippen molar-refractivity contribution in [2.75, 3.05) is 36.8 Å². The standard InChI is InChI=1S/C24H34N4O2/c1-17(2)13-25-15-23(29)27-21-9-5-19(6-10-21)20-7-11-22(12-8-20)28-24(30)16-26-14-18(3)4/h5-12,17-18,25-26H,13-16H2,1-4H3,(H,27,29)(H,28,30). The van der Waals surface area contributed by atoms with Crippen LogP contribution in [0.15, 0.2) is 48.5 Å². The number of carbonyl (C=O) groups excluding carboxylic acids is 2. The Labute approximate surface area is 179 Å². The molecule has 0 unspecified atom stereocenters. The second-order valence-electron chi connectivity index (χ2n) is 8.30. The van der Waals surface area contributed by atoms with Gasteiger partial charge in [0.1, 0.15) is 0 Å². The summed E-state index contributed by atoms with van der Waals surface area (Å²) < 4.78 is 0. The number of rotatable bonds is 11. The van der Waals surface area contributed by atoms with Crippen LogP contribution in [0.25, 0.3) is 11.1 Å². The Hall–Kier alpha value is -2.70. The summed E-state index contributed by atoms with van der Waals surface area (Å²) in [7, 11) is 0. The predicted octanol–water partition coefficient (Wildman–Crippen LogP) is 3.72. The van der Waals surface area contributed by atoms with Crippen molar-refractivity contribution in [1.82, 2.24) is 10.6 Å². The topological polar surface area (TPSA) is 82.3 Å². The van der Waals surface area contributed by atoms with Crippen LogP contribution in [0.4, 0.5) is 11.4 Å². The maximum atomic E-state index is 12.0. The Kier molecular flexibility index (Phi) is 9.51. The molecular weight excluding hydrogens is 376 g/mol. The van der Waals surface area contributed by atoms with E-state index in [0.29, 0.717) is 24.9 Å². The Morgan fingerprint density at radius 2 is 0.967 bits per heavy atom. The van der Waals surface area contributed by atoms with Gasteiger partial charge in [0.05, 0.1) is 13.1 Å². The van der Waals surface area contributed by atoms with Gasteiger partial charge in [-0.05, 0) is 60.3 Å². The highest BCUT2D eigenvalue weighted by Gasteiger charge is 2.05. The first-order valence-electron chi connectivity index (χ1n) is 10.5. The van der Waals surface area contributed by atoms with Gasteiger partial charge in [0.25, 0.3) is 0 Å². The predicted molar refractivity (Wildman–Crippen MR) is 125 cm³/mol. The van der Waals surface area contributed by atoms with E-state index in [1.54, 1.807) is 0 Å². The Balaban J connectivity index is 1.84. The molecule has 2 aromatic rings. The number of anilines is 2. The van der Waals surface area contributed by atoms with Gasteiger partial charge in [-0.2, -0.15) is 0 Å². The van der Waals surface area contributed by atoms with Crippen molar-refractivity contribution in [1.29, 1.82) is 0 Å². The smallest absolute Gasteiger partial charge is 0.238 e. The molecule has 2 amide bonds. The van der Waals surface area contributed by atoms with Crippen LogP contribution in [0.5, 0.6) is 0 Å². The third kappa shape index (κ3) is 8.76. The van der Waals surface area contributed by atoms with Gasteiger partial charge in [0.2, 0.25) is 11.8 Å². The quantitative estimate of drug-likeness (QED) is 0.455. The monoisotopic (exact) mass is 410 g/mol. The lowest BCUT2D eigenvalue weighted by molar-refractivity contribution is -0.116. The molecular formula is C24H34N4O2. The first-order chi connectivity index (χ1) is 14.3. The third-order valence-electron chi connectivity index (χ3n) is 4.35. The zero-order valence-electron chi connectivity index (χ0n) is 18.4. The van der Waals surface area contributed by atoms with Gasteiger partial charge in [-0.1, -0.05) is 52.0 Å². The Morgan fingerprint density at radius 3 is 1.27 bits per heavy atom. The summed E-state index contributed by atoms with van der Waals surface area (Å²) >= 11 is 0. The van der Waals surface area contributed by atoms with Crippen LogP contribution in [-0.4, -0.2) is 38.0 Å². The van der Waals surface area contributed by atoms with Crippen LogP contribution >= 0.6 is 0 Å². The van der Waals surface area contributed by atoms with Gasteiger partial charge in [0, 0.05) is 11.4 Å². The largest absolute Gasteiger partial charge is 0.325 e. The molecule has 0 spiro atoms. The summed E-state index contributed by atoms with van der Waals surface area (Å²) in [4.78, 5) is 23.9. The molecule has 0 aliphatic rings. The van der Waals surface area contributed by atoms with Gasteiger partial charge in [-0.25, -0.2) is 0 Å². The molecule has 162 valence electrons. The fourth-order valence-corrected chi connectivity index (χ4v) is 2.85. The second-order valence-corrected chi connectivity index (χ2v) is 8.30. The first-order valence-corrected chi connectivity index (χ1v) is 10.5. The highest BCUT2D eigenvalue weighted by Crippen LogP contribution is 2.23. The lowest BCUT2D eigenvalue weighted by Gasteiger charge is -2.10. The number of nitrogens with one attached hydrogen (secondary N) is 4. The molecule has 6 heteroatoms. The van der Waals surface area contributed by atoms with Crippen molar-refractivity contribution >= 4 is 23.2 Å². The highest BCUT2D eigenvalue weighted by atomic mass is 16.2. The number of benzene rings is 2. The molecule has 0 aliphatic heterocycles. The molecule has 2 aromatic carbocycles. The van der Waals surface area contributed by atoms with E-state index in [1.165, 1.54) is 0 Å². The van der Waals surface area contributed by atoms with E-state index < -0.39 is 0 Å². The van der Waals surface area contributed by atoms with E-state index >= 15 is 0 Å². The average molecular weight is 411 g/mol. The summed E-state index contributed by atoms with van der Waals surface area (Å²) in [5.41, 5.74) is 3.63. The molecule has 0 bridgehead atoms. The summed E-state index contributed by atoms with van der Waals surface area (Å²) in [5.74, 6) is 0.925. The maximum Gasteiger partial charge on any atom is 0.238 e. The molecule has 30 heavy (non-hydrogen) atoms. The minimum atomic E-state index is -0.0496. The molecule has 0 saturated carbocycles. The molecule has 0 saturated heterocycles. The van der Waals surface area contributed by atoms with Gasteiger partial charge in [-0.15, -0.1) is 0 Å². The average Bonchev–Trinajstić information content (AvgIpc) is 2.68. The van der Waals surface area contributed by atoms with Gasteiger partial charge >= 0.3 is 0 Å². The summed E-state index contributed by atoms with van der Waals surface area (Å²) in [6.07, 6.45) is 0. The van der Waals surface area contributed by atoms with Gasteiger partial charge in [0.15, 0.2) is 0 Å². The Bertz CT molecular complexity index is 729. The molecule has 0 heterocycles. The minimum Gasteiger partial charge on any atom is -0.325 e. The van der Waals surface area contributed by atoms with Gasteiger partial charge in [-0.3, -0.25) is 9.59 Å². The van der Waals surface area contributed by atoms with Crippen molar-refractivity contribution in [3.8, 4) is 11.1 Å². The van der Waals surface area contributed by atoms with E-state index in [4.69, 9.17) is 0 Å². The second kappa shape index (κ2) is 12.1. The molecule has 0 aromatic heterocycles. The van der Waals surface area contributed by atoms with E-state index in [0.717, 1.165) is 35.6 Å². The van der Waals surface area contributed by atoms with Crippen molar-refractivity contribution in [3.05, 3.63) is 48.5 Å². The van der Waals surface area contributed by atoms with Crippen LogP contribution < -0.4 is 21.3 Å². The summed E-state index contributed by atoms with van der Waals surface area (Å²) in [6, 6.07) is 15.5. The minimum absolute atomic E-state index is 0.0496. The molecule has 4 N–H and O–H groups in total. The number of amides is 2.